The summed E-state index contributed by atoms with van der Waals surface area (Å²) in [6, 6.07) is 10.4. The van der Waals surface area contributed by atoms with Crippen molar-refractivity contribution in [2.24, 2.45) is 5.73 Å². The Bertz CT molecular complexity index is 614. The third-order valence-electron chi connectivity index (χ3n) is 2.80. The SMILES string of the molecule is NCc1cccc(F)c1OCc1ccc([N+](=O)[O-])cc1. The average Bonchev–Trinajstić information content (AvgIpc) is 2.46. The molecule has 2 aromatic carbocycles. The van der Waals surface area contributed by atoms with Gasteiger partial charge in [0.25, 0.3) is 5.69 Å². The topological polar surface area (TPSA) is 78.4 Å². The van der Waals surface area contributed by atoms with Crippen molar-refractivity contribution < 1.29 is 14.1 Å². The fraction of sp³-hybridized carbons (Fsp3) is 0.143. The van der Waals surface area contributed by atoms with Crippen LogP contribution < -0.4 is 10.5 Å². The van der Waals surface area contributed by atoms with Gasteiger partial charge in [-0.05, 0) is 23.8 Å². The van der Waals surface area contributed by atoms with E-state index in [-0.39, 0.29) is 24.6 Å². The average molecular weight is 276 g/mol. The Balaban J connectivity index is 2.11. The number of nitrogens with two attached hydrogens (primary N) is 1. The van der Waals surface area contributed by atoms with Gasteiger partial charge in [0, 0.05) is 24.2 Å². The third kappa shape index (κ3) is 3.10. The minimum absolute atomic E-state index is 0.00212. The number of hydrogen-bond donors (Lipinski definition) is 1. The molecule has 104 valence electrons. The van der Waals surface area contributed by atoms with Crippen LogP contribution in [0, 0.1) is 15.9 Å². The van der Waals surface area contributed by atoms with Crippen LogP contribution in [0.15, 0.2) is 42.5 Å². The number of para-hydroxylation sites is 1. The summed E-state index contributed by atoms with van der Waals surface area (Å²) in [7, 11) is 0. The number of benzene rings is 2. The molecule has 0 aliphatic rings. The van der Waals surface area contributed by atoms with Crippen molar-refractivity contribution in [1.29, 1.82) is 0 Å². The van der Waals surface area contributed by atoms with Crippen molar-refractivity contribution in [3.05, 3.63) is 69.5 Å². The van der Waals surface area contributed by atoms with E-state index in [2.05, 4.69) is 0 Å². The predicted octanol–water partition coefficient (Wildman–Crippen LogP) is 2.77. The largest absolute Gasteiger partial charge is 0.485 e. The molecule has 0 atom stereocenters. The fourth-order valence-electron chi connectivity index (χ4n) is 1.75. The molecule has 0 radical (unpaired) electrons. The van der Waals surface area contributed by atoms with Gasteiger partial charge in [0.1, 0.15) is 6.61 Å². The van der Waals surface area contributed by atoms with Gasteiger partial charge in [0.2, 0.25) is 0 Å². The van der Waals surface area contributed by atoms with Gasteiger partial charge in [0.05, 0.1) is 4.92 Å². The van der Waals surface area contributed by atoms with Crippen molar-refractivity contribution in [2.45, 2.75) is 13.2 Å². The maximum absolute atomic E-state index is 13.6. The van der Waals surface area contributed by atoms with E-state index in [0.29, 0.717) is 11.1 Å². The second-order valence-electron chi connectivity index (χ2n) is 4.14. The molecule has 0 saturated heterocycles. The van der Waals surface area contributed by atoms with E-state index >= 15 is 0 Å². The van der Waals surface area contributed by atoms with Gasteiger partial charge >= 0.3 is 0 Å². The van der Waals surface area contributed by atoms with Crippen LogP contribution in [0.25, 0.3) is 0 Å². The number of ether oxygens (including phenoxy) is 1. The van der Waals surface area contributed by atoms with Crippen LogP contribution >= 0.6 is 0 Å². The molecule has 0 fully saturated rings. The summed E-state index contributed by atoms with van der Waals surface area (Å²) in [6.45, 7) is 0.291. The summed E-state index contributed by atoms with van der Waals surface area (Å²) in [5.74, 6) is -0.358. The Morgan fingerprint density at radius 2 is 1.90 bits per heavy atom. The second kappa shape index (κ2) is 6.12. The molecule has 2 aromatic rings. The monoisotopic (exact) mass is 276 g/mol. The highest BCUT2D eigenvalue weighted by atomic mass is 19.1. The first-order valence-electron chi connectivity index (χ1n) is 5.95. The molecule has 0 spiro atoms. The highest BCUT2D eigenvalue weighted by molar-refractivity contribution is 5.36. The van der Waals surface area contributed by atoms with Crippen LogP contribution in [0.2, 0.25) is 0 Å². The zero-order chi connectivity index (χ0) is 14.5. The molecule has 0 aliphatic carbocycles. The van der Waals surface area contributed by atoms with Gasteiger partial charge in [-0.3, -0.25) is 10.1 Å². The molecule has 6 heteroatoms. The summed E-state index contributed by atoms with van der Waals surface area (Å²) in [5.41, 5.74) is 6.81. The molecule has 0 aliphatic heterocycles. The van der Waals surface area contributed by atoms with Crippen molar-refractivity contribution in [3.63, 3.8) is 0 Å². The molecular weight excluding hydrogens is 263 g/mol. The number of nitro groups is 1. The normalized spacial score (nSPS) is 10.3. The smallest absolute Gasteiger partial charge is 0.269 e. The Labute approximate surface area is 114 Å². The van der Waals surface area contributed by atoms with Crippen LogP contribution in [-0.2, 0) is 13.2 Å². The molecule has 0 amide bonds. The quantitative estimate of drug-likeness (QED) is 0.672. The van der Waals surface area contributed by atoms with E-state index in [1.54, 1.807) is 24.3 Å². The first-order valence-corrected chi connectivity index (χ1v) is 5.95. The van der Waals surface area contributed by atoms with Gasteiger partial charge in [-0.1, -0.05) is 12.1 Å². The zero-order valence-corrected chi connectivity index (χ0v) is 10.6. The van der Waals surface area contributed by atoms with E-state index in [0.717, 1.165) is 0 Å². The number of rotatable bonds is 5. The first-order chi connectivity index (χ1) is 9.61. The lowest BCUT2D eigenvalue weighted by molar-refractivity contribution is -0.384. The minimum atomic E-state index is -0.478. The zero-order valence-electron chi connectivity index (χ0n) is 10.6. The molecular formula is C14H13FN2O3. The lowest BCUT2D eigenvalue weighted by atomic mass is 10.2. The summed E-state index contributed by atoms with van der Waals surface area (Å²) in [6.07, 6.45) is 0. The molecule has 0 heterocycles. The van der Waals surface area contributed by atoms with Crippen LogP contribution in [-0.4, -0.2) is 4.92 Å². The minimum Gasteiger partial charge on any atom is -0.485 e. The summed E-state index contributed by atoms with van der Waals surface area (Å²) >= 11 is 0. The van der Waals surface area contributed by atoms with Crippen molar-refractivity contribution in [2.75, 3.05) is 0 Å². The molecule has 5 nitrogen and oxygen atoms in total. The van der Waals surface area contributed by atoms with Crippen molar-refractivity contribution >= 4 is 5.69 Å². The Kier molecular flexibility index (Phi) is 4.27. The highest BCUT2D eigenvalue weighted by Gasteiger charge is 2.09. The lowest BCUT2D eigenvalue weighted by Gasteiger charge is -2.11. The van der Waals surface area contributed by atoms with E-state index < -0.39 is 10.7 Å². The summed E-state index contributed by atoms with van der Waals surface area (Å²) in [5, 5.41) is 10.5. The number of hydrogen-bond acceptors (Lipinski definition) is 4. The summed E-state index contributed by atoms with van der Waals surface area (Å²) < 4.78 is 19.1. The van der Waals surface area contributed by atoms with Gasteiger partial charge in [0.15, 0.2) is 11.6 Å². The number of nitrogens with zero attached hydrogens (tertiary/aromatic N) is 1. The lowest BCUT2D eigenvalue weighted by Crippen LogP contribution is -2.04. The maximum Gasteiger partial charge on any atom is 0.269 e. The Hall–Kier alpha value is -2.47. The van der Waals surface area contributed by atoms with Gasteiger partial charge in [-0.25, -0.2) is 4.39 Å². The number of halogens is 1. The Morgan fingerprint density at radius 1 is 1.20 bits per heavy atom. The number of nitro benzene ring substituents is 1. The van der Waals surface area contributed by atoms with Crippen molar-refractivity contribution in [3.8, 4) is 5.75 Å². The van der Waals surface area contributed by atoms with Crippen molar-refractivity contribution in [1.82, 2.24) is 0 Å². The molecule has 20 heavy (non-hydrogen) atoms. The molecule has 0 unspecified atom stereocenters. The van der Waals surface area contributed by atoms with Gasteiger partial charge in [-0.2, -0.15) is 0 Å². The third-order valence-corrected chi connectivity index (χ3v) is 2.80. The van der Waals surface area contributed by atoms with E-state index in [9.17, 15) is 14.5 Å². The van der Waals surface area contributed by atoms with Crippen LogP contribution in [0.4, 0.5) is 10.1 Å². The van der Waals surface area contributed by atoms with E-state index in [1.165, 1.54) is 18.2 Å². The van der Waals surface area contributed by atoms with Crippen LogP contribution in [0.3, 0.4) is 0 Å². The fourth-order valence-corrected chi connectivity index (χ4v) is 1.75. The first kappa shape index (κ1) is 14.0. The summed E-state index contributed by atoms with van der Waals surface area (Å²) in [4.78, 5) is 10.1. The van der Waals surface area contributed by atoms with Gasteiger partial charge in [-0.15, -0.1) is 0 Å². The molecule has 2 N–H and O–H groups in total. The molecule has 0 saturated carbocycles. The van der Waals surface area contributed by atoms with E-state index in [1.807, 2.05) is 0 Å². The Morgan fingerprint density at radius 3 is 2.50 bits per heavy atom. The van der Waals surface area contributed by atoms with Crippen LogP contribution in [0.1, 0.15) is 11.1 Å². The predicted molar refractivity (Wildman–Crippen MR) is 71.7 cm³/mol. The molecule has 0 aromatic heterocycles. The van der Waals surface area contributed by atoms with Gasteiger partial charge < -0.3 is 10.5 Å². The maximum atomic E-state index is 13.6. The molecule has 0 bridgehead atoms. The van der Waals surface area contributed by atoms with Crippen LogP contribution in [0.5, 0.6) is 5.75 Å². The molecule has 2 rings (SSSR count). The second-order valence-corrected chi connectivity index (χ2v) is 4.14. The highest BCUT2D eigenvalue weighted by Crippen LogP contribution is 2.23. The standard InChI is InChI=1S/C14H13FN2O3/c15-13-3-1-2-11(8-16)14(13)20-9-10-4-6-12(7-5-10)17(18)19/h1-7H,8-9,16H2. The number of non-ortho nitro benzene ring substituents is 1. The van der Waals surface area contributed by atoms with E-state index in [4.69, 9.17) is 10.5 Å².